The lowest BCUT2D eigenvalue weighted by Gasteiger charge is -2.13. The number of amides is 1. The second-order valence-electron chi connectivity index (χ2n) is 4.80. The van der Waals surface area contributed by atoms with E-state index in [0.717, 1.165) is 24.1 Å². The summed E-state index contributed by atoms with van der Waals surface area (Å²) in [6.45, 7) is 2.61. The number of carbonyl (C=O) groups excluding carboxylic acids is 1. The second-order valence-corrected chi connectivity index (χ2v) is 5.75. The molecule has 0 bridgehead atoms. The van der Waals surface area contributed by atoms with Gasteiger partial charge in [-0.15, -0.1) is 11.3 Å². The Labute approximate surface area is 112 Å². The van der Waals surface area contributed by atoms with Crippen LogP contribution in [0, 0.1) is 12.8 Å². The lowest BCUT2D eigenvalue weighted by Crippen LogP contribution is -2.31. The van der Waals surface area contributed by atoms with Crippen LogP contribution in [0.2, 0.25) is 0 Å². The number of aliphatic hydroxyl groups is 1. The van der Waals surface area contributed by atoms with Gasteiger partial charge in [0.25, 0.3) is 0 Å². The largest absolute Gasteiger partial charge is 0.393 e. The molecule has 2 atom stereocenters. The summed E-state index contributed by atoms with van der Waals surface area (Å²) in [6, 6.07) is 2.04. The molecule has 1 fully saturated rings. The molecule has 4 heteroatoms. The molecule has 1 aliphatic rings. The van der Waals surface area contributed by atoms with Crippen LogP contribution in [0.25, 0.3) is 6.08 Å². The smallest absolute Gasteiger partial charge is 0.244 e. The molecule has 1 heterocycles. The lowest BCUT2D eigenvalue weighted by molar-refractivity contribution is -0.116. The number of carbonyl (C=O) groups is 1. The minimum Gasteiger partial charge on any atom is -0.393 e. The van der Waals surface area contributed by atoms with Gasteiger partial charge in [0, 0.05) is 23.4 Å². The molecule has 0 spiro atoms. The van der Waals surface area contributed by atoms with Gasteiger partial charge in [-0.05, 0) is 42.9 Å². The van der Waals surface area contributed by atoms with Crippen molar-refractivity contribution in [1.82, 2.24) is 5.32 Å². The van der Waals surface area contributed by atoms with E-state index in [-0.39, 0.29) is 17.9 Å². The first-order valence-electron chi connectivity index (χ1n) is 6.35. The maximum absolute atomic E-state index is 11.6. The molecule has 1 amide bonds. The summed E-state index contributed by atoms with van der Waals surface area (Å²) < 4.78 is 0. The summed E-state index contributed by atoms with van der Waals surface area (Å²) in [4.78, 5) is 12.8. The van der Waals surface area contributed by atoms with Crippen molar-refractivity contribution in [2.75, 3.05) is 6.54 Å². The van der Waals surface area contributed by atoms with Crippen molar-refractivity contribution >= 4 is 23.3 Å². The SMILES string of the molecule is Cc1ccsc1C=CC(=O)NCC1CCCC1O. The number of nitrogens with one attached hydrogen (secondary N) is 1. The molecule has 0 saturated heterocycles. The zero-order chi connectivity index (χ0) is 13.0. The minimum absolute atomic E-state index is 0.0816. The van der Waals surface area contributed by atoms with Crippen LogP contribution < -0.4 is 5.32 Å². The third kappa shape index (κ3) is 3.43. The van der Waals surface area contributed by atoms with E-state index in [2.05, 4.69) is 5.32 Å². The monoisotopic (exact) mass is 265 g/mol. The molecule has 1 aliphatic carbocycles. The third-order valence-electron chi connectivity index (χ3n) is 3.45. The highest BCUT2D eigenvalue weighted by molar-refractivity contribution is 7.11. The molecule has 2 unspecified atom stereocenters. The van der Waals surface area contributed by atoms with E-state index >= 15 is 0 Å². The molecule has 3 nitrogen and oxygen atoms in total. The maximum atomic E-state index is 11.6. The average Bonchev–Trinajstić information content (AvgIpc) is 2.93. The first-order chi connectivity index (χ1) is 8.66. The van der Waals surface area contributed by atoms with Crippen molar-refractivity contribution in [3.05, 3.63) is 28.0 Å². The summed E-state index contributed by atoms with van der Waals surface area (Å²) >= 11 is 1.63. The number of rotatable bonds is 4. The van der Waals surface area contributed by atoms with Crippen LogP contribution in [0.15, 0.2) is 17.5 Å². The topological polar surface area (TPSA) is 49.3 Å². The predicted molar refractivity (Wildman–Crippen MR) is 74.4 cm³/mol. The fraction of sp³-hybridized carbons (Fsp3) is 0.500. The first kappa shape index (κ1) is 13.3. The maximum Gasteiger partial charge on any atom is 0.244 e. The van der Waals surface area contributed by atoms with Crippen LogP contribution in [0.1, 0.15) is 29.7 Å². The van der Waals surface area contributed by atoms with E-state index in [9.17, 15) is 9.90 Å². The van der Waals surface area contributed by atoms with Crippen LogP contribution in [0.4, 0.5) is 0 Å². The molecule has 1 aromatic heterocycles. The molecular formula is C14H19NO2S. The normalized spacial score (nSPS) is 23.7. The molecule has 0 aliphatic heterocycles. The van der Waals surface area contributed by atoms with E-state index in [1.165, 1.54) is 5.56 Å². The lowest BCUT2D eigenvalue weighted by atomic mass is 10.1. The van der Waals surface area contributed by atoms with Crippen LogP contribution >= 0.6 is 11.3 Å². The Balaban J connectivity index is 1.78. The van der Waals surface area contributed by atoms with Crippen molar-refractivity contribution in [3.63, 3.8) is 0 Å². The Morgan fingerprint density at radius 1 is 1.61 bits per heavy atom. The molecule has 2 rings (SSSR count). The van der Waals surface area contributed by atoms with Crippen molar-refractivity contribution < 1.29 is 9.90 Å². The van der Waals surface area contributed by atoms with E-state index in [1.54, 1.807) is 17.4 Å². The summed E-state index contributed by atoms with van der Waals surface area (Å²) in [6.07, 6.45) is 6.11. The Morgan fingerprint density at radius 2 is 2.44 bits per heavy atom. The molecular weight excluding hydrogens is 246 g/mol. The summed E-state index contributed by atoms with van der Waals surface area (Å²) in [5.41, 5.74) is 1.19. The van der Waals surface area contributed by atoms with Gasteiger partial charge in [-0.1, -0.05) is 6.42 Å². The number of aryl methyl sites for hydroxylation is 1. The highest BCUT2D eigenvalue weighted by Gasteiger charge is 2.24. The predicted octanol–water partition coefficient (Wildman–Crippen LogP) is 2.35. The fourth-order valence-electron chi connectivity index (χ4n) is 2.25. The minimum atomic E-state index is -0.242. The van der Waals surface area contributed by atoms with Crippen LogP contribution in [0.5, 0.6) is 0 Å². The van der Waals surface area contributed by atoms with Gasteiger partial charge in [0.05, 0.1) is 6.10 Å². The van der Waals surface area contributed by atoms with Gasteiger partial charge in [0.15, 0.2) is 0 Å². The van der Waals surface area contributed by atoms with E-state index in [0.29, 0.717) is 6.54 Å². The molecule has 18 heavy (non-hydrogen) atoms. The first-order valence-corrected chi connectivity index (χ1v) is 7.23. The van der Waals surface area contributed by atoms with Crippen molar-refractivity contribution in [2.24, 2.45) is 5.92 Å². The van der Waals surface area contributed by atoms with Crippen LogP contribution in [0.3, 0.4) is 0 Å². The quantitative estimate of drug-likeness (QED) is 0.821. The molecule has 0 radical (unpaired) electrons. The van der Waals surface area contributed by atoms with Gasteiger partial charge in [0.1, 0.15) is 0 Å². The van der Waals surface area contributed by atoms with Crippen LogP contribution in [-0.2, 0) is 4.79 Å². The standard InChI is InChI=1S/C14H19NO2S/c1-10-7-8-18-13(10)5-6-14(17)15-9-11-3-2-4-12(11)16/h5-8,11-12,16H,2-4,9H2,1H3,(H,15,17). The van der Waals surface area contributed by atoms with Gasteiger partial charge in [-0.2, -0.15) is 0 Å². The zero-order valence-electron chi connectivity index (χ0n) is 10.6. The van der Waals surface area contributed by atoms with Crippen LogP contribution in [-0.4, -0.2) is 23.7 Å². The number of thiophene rings is 1. The van der Waals surface area contributed by atoms with Crippen molar-refractivity contribution in [2.45, 2.75) is 32.3 Å². The highest BCUT2D eigenvalue weighted by atomic mass is 32.1. The van der Waals surface area contributed by atoms with Gasteiger partial charge in [-0.25, -0.2) is 0 Å². The van der Waals surface area contributed by atoms with E-state index in [1.807, 2.05) is 24.4 Å². The second kappa shape index (κ2) is 6.16. The van der Waals surface area contributed by atoms with Gasteiger partial charge in [-0.3, -0.25) is 4.79 Å². The fourth-order valence-corrected chi connectivity index (χ4v) is 3.07. The van der Waals surface area contributed by atoms with Gasteiger partial charge in [0.2, 0.25) is 5.91 Å². The molecule has 0 aromatic carbocycles. The summed E-state index contributed by atoms with van der Waals surface area (Å²) in [7, 11) is 0. The Morgan fingerprint density at radius 3 is 3.06 bits per heavy atom. The number of aliphatic hydroxyl groups excluding tert-OH is 1. The van der Waals surface area contributed by atoms with Crippen molar-refractivity contribution in [3.8, 4) is 0 Å². The van der Waals surface area contributed by atoms with E-state index < -0.39 is 0 Å². The molecule has 1 saturated carbocycles. The number of hydrogen-bond acceptors (Lipinski definition) is 3. The average molecular weight is 265 g/mol. The molecule has 1 aromatic rings. The highest BCUT2D eigenvalue weighted by Crippen LogP contribution is 2.24. The van der Waals surface area contributed by atoms with E-state index in [4.69, 9.17) is 0 Å². The Bertz CT molecular complexity index is 439. The van der Waals surface area contributed by atoms with Crippen molar-refractivity contribution in [1.29, 1.82) is 0 Å². The van der Waals surface area contributed by atoms with Gasteiger partial charge >= 0.3 is 0 Å². The zero-order valence-corrected chi connectivity index (χ0v) is 11.4. The molecule has 98 valence electrons. The molecule has 2 N–H and O–H groups in total. The number of hydrogen-bond donors (Lipinski definition) is 2. The summed E-state index contributed by atoms with van der Waals surface area (Å²) in [5.74, 6) is 0.146. The third-order valence-corrected chi connectivity index (χ3v) is 4.43. The van der Waals surface area contributed by atoms with Gasteiger partial charge < -0.3 is 10.4 Å². The Kier molecular flexibility index (Phi) is 4.55. The Hall–Kier alpha value is -1.13. The summed E-state index contributed by atoms with van der Waals surface area (Å²) in [5, 5.41) is 14.5.